The summed E-state index contributed by atoms with van der Waals surface area (Å²) in [5.74, 6) is 0.904. The smallest absolute Gasteiger partial charge is 0.134 e. The minimum absolute atomic E-state index is 0.0294. The summed E-state index contributed by atoms with van der Waals surface area (Å²) in [5.41, 5.74) is 8.21. The summed E-state index contributed by atoms with van der Waals surface area (Å²) in [6.07, 6.45) is 2.05. The molecule has 0 saturated heterocycles. The Morgan fingerprint density at radius 3 is 2.87 bits per heavy atom. The fraction of sp³-hybridized carbons (Fsp3) is 0.385. The number of nitrogens with two attached hydrogens (primary N) is 1. The maximum atomic E-state index is 6.03. The molecule has 0 amide bonds. The monoisotopic (exact) mass is 203 g/mol. The van der Waals surface area contributed by atoms with Crippen LogP contribution in [0.15, 0.2) is 28.7 Å². The van der Waals surface area contributed by atoms with Gasteiger partial charge in [-0.15, -0.1) is 0 Å². The number of furan rings is 1. The number of fused-ring (bicyclic) bond motifs is 1. The second-order valence-corrected chi connectivity index (χ2v) is 4.03. The lowest BCUT2D eigenvalue weighted by Crippen LogP contribution is -2.08. The summed E-state index contributed by atoms with van der Waals surface area (Å²) in [7, 11) is 0. The molecule has 2 heteroatoms. The highest BCUT2D eigenvalue weighted by molar-refractivity contribution is 5.81. The van der Waals surface area contributed by atoms with Crippen LogP contribution in [0.5, 0.6) is 0 Å². The number of hydrogen-bond donors (Lipinski definition) is 1. The molecule has 0 radical (unpaired) electrons. The van der Waals surface area contributed by atoms with Gasteiger partial charge in [-0.1, -0.05) is 25.5 Å². The van der Waals surface area contributed by atoms with Crippen molar-refractivity contribution in [2.24, 2.45) is 5.73 Å². The molecule has 2 N–H and O–H groups in total. The van der Waals surface area contributed by atoms with Crippen LogP contribution in [0, 0.1) is 6.92 Å². The van der Waals surface area contributed by atoms with E-state index in [9.17, 15) is 0 Å². The number of rotatable bonds is 3. The Labute approximate surface area is 90.1 Å². The molecule has 15 heavy (non-hydrogen) atoms. The highest BCUT2D eigenvalue weighted by Crippen LogP contribution is 2.26. The fourth-order valence-corrected chi connectivity index (χ4v) is 1.86. The van der Waals surface area contributed by atoms with Crippen LogP contribution in [0.1, 0.15) is 37.1 Å². The van der Waals surface area contributed by atoms with Gasteiger partial charge in [0, 0.05) is 5.39 Å². The molecule has 1 heterocycles. The maximum Gasteiger partial charge on any atom is 0.134 e. The second-order valence-electron chi connectivity index (χ2n) is 4.03. The highest BCUT2D eigenvalue weighted by atomic mass is 16.3. The Hall–Kier alpha value is -1.28. The van der Waals surface area contributed by atoms with Crippen molar-refractivity contribution in [3.63, 3.8) is 0 Å². The van der Waals surface area contributed by atoms with Crippen LogP contribution < -0.4 is 5.73 Å². The quantitative estimate of drug-likeness (QED) is 0.828. The van der Waals surface area contributed by atoms with E-state index >= 15 is 0 Å². The Balaban J connectivity index is 2.43. The lowest BCUT2D eigenvalue weighted by Gasteiger charge is -2.04. The summed E-state index contributed by atoms with van der Waals surface area (Å²) in [6.45, 7) is 4.22. The first-order valence-electron chi connectivity index (χ1n) is 5.47. The maximum absolute atomic E-state index is 6.03. The van der Waals surface area contributed by atoms with E-state index in [1.54, 1.807) is 0 Å². The average molecular weight is 203 g/mol. The van der Waals surface area contributed by atoms with E-state index in [0.29, 0.717) is 0 Å². The van der Waals surface area contributed by atoms with Crippen molar-refractivity contribution >= 4 is 11.0 Å². The van der Waals surface area contributed by atoms with Gasteiger partial charge in [0.15, 0.2) is 0 Å². The molecule has 0 aliphatic rings. The van der Waals surface area contributed by atoms with Gasteiger partial charge in [0.1, 0.15) is 11.3 Å². The van der Waals surface area contributed by atoms with E-state index in [1.165, 1.54) is 10.9 Å². The van der Waals surface area contributed by atoms with Crippen molar-refractivity contribution < 1.29 is 4.42 Å². The van der Waals surface area contributed by atoms with Gasteiger partial charge in [-0.25, -0.2) is 0 Å². The number of hydrogen-bond acceptors (Lipinski definition) is 2. The first kappa shape index (κ1) is 10.2. The van der Waals surface area contributed by atoms with Gasteiger partial charge in [0.2, 0.25) is 0 Å². The van der Waals surface area contributed by atoms with Gasteiger partial charge in [0.05, 0.1) is 6.04 Å². The first-order valence-corrected chi connectivity index (χ1v) is 5.47. The standard InChI is InChI=1S/C13H17NO/c1-3-5-11(14)13-8-10-9(2)6-4-7-12(10)15-13/h4,6-8,11H,3,5,14H2,1-2H3/t11-/m0/s1. The Morgan fingerprint density at radius 1 is 1.40 bits per heavy atom. The third-order valence-corrected chi connectivity index (χ3v) is 2.76. The molecule has 1 atom stereocenters. The number of benzene rings is 1. The molecule has 0 unspecified atom stereocenters. The Morgan fingerprint density at radius 2 is 2.20 bits per heavy atom. The zero-order valence-corrected chi connectivity index (χ0v) is 9.29. The molecule has 0 aliphatic heterocycles. The van der Waals surface area contributed by atoms with E-state index in [4.69, 9.17) is 10.2 Å². The third kappa shape index (κ3) is 1.90. The van der Waals surface area contributed by atoms with Crippen molar-refractivity contribution in [2.45, 2.75) is 32.7 Å². The van der Waals surface area contributed by atoms with Crippen LogP contribution in [0.25, 0.3) is 11.0 Å². The Bertz CT molecular complexity index is 459. The summed E-state index contributed by atoms with van der Waals surface area (Å²) in [5, 5.41) is 1.18. The first-order chi connectivity index (χ1) is 7.22. The van der Waals surface area contributed by atoms with E-state index in [0.717, 1.165) is 24.2 Å². The molecule has 2 nitrogen and oxygen atoms in total. The summed E-state index contributed by atoms with van der Waals surface area (Å²) < 4.78 is 5.74. The zero-order chi connectivity index (χ0) is 10.8. The van der Waals surface area contributed by atoms with Crippen molar-refractivity contribution in [1.82, 2.24) is 0 Å². The molecule has 0 aliphatic carbocycles. The van der Waals surface area contributed by atoms with E-state index in [2.05, 4.69) is 26.0 Å². The van der Waals surface area contributed by atoms with Gasteiger partial charge in [-0.3, -0.25) is 0 Å². The third-order valence-electron chi connectivity index (χ3n) is 2.76. The predicted molar refractivity (Wildman–Crippen MR) is 62.8 cm³/mol. The van der Waals surface area contributed by atoms with Crippen LogP contribution in [0.3, 0.4) is 0 Å². The molecule has 0 spiro atoms. The second kappa shape index (κ2) is 4.07. The fourth-order valence-electron chi connectivity index (χ4n) is 1.86. The molecule has 0 bridgehead atoms. The molecular formula is C13H17NO. The largest absolute Gasteiger partial charge is 0.459 e. The number of aryl methyl sites for hydroxylation is 1. The lowest BCUT2D eigenvalue weighted by atomic mass is 10.1. The predicted octanol–water partition coefficient (Wildman–Crippen LogP) is 3.54. The molecule has 80 valence electrons. The Kier molecular flexibility index (Phi) is 2.78. The van der Waals surface area contributed by atoms with Crippen molar-refractivity contribution in [3.8, 4) is 0 Å². The van der Waals surface area contributed by atoms with Crippen LogP contribution in [-0.2, 0) is 0 Å². The molecule has 1 aromatic heterocycles. The van der Waals surface area contributed by atoms with Gasteiger partial charge in [-0.2, -0.15) is 0 Å². The van der Waals surface area contributed by atoms with Gasteiger partial charge in [0.25, 0.3) is 0 Å². The van der Waals surface area contributed by atoms with Crippen molar-refractivity contribution in [3.05, 3.63) is 35.6 Å². The molecular weight excluding hydrogens is 186 g/mol. The molecule has 0 saturated carbocycles. The molecule has 2 rings (SSSR count). The van der Waals surface area contributed by atoms with Gasteiger partial charge < -0.3 is 10.2 Å². The topological polar surface area (TPSA) is 39.2 Å². The molecule has 1 aromatic carbocycles. The minimum atomic E-state index is 0.0294. The summed E-state index contributed by atoms with van der Waals surface area (Å²) in [6, 6.07) is 8.19. The molecule has 0 fully saturated rings. The summed E-state index contributed by atoms with van der Waals surface area (Å²) in [4.78, 5) is 0. The van der Waals surface area contributed by atoms with Crippen molar-refractivity contribution in [2.75, 3.05) is 0 Å². The van der Waals surface area contributed by atoms with Crippen LogP contribution in [-0.4, -0.2) is 0 Å². The SMILES string of the molecule is CCC[C@H](N)c1cc2c(C)cccc2o1. The highest BCUT2D eigenvalue weighted by Gasteiger charge is 2.11. The van der Waals surface area contributed by atoms with Gasteiger partial charge >= 0.3 is 0 Å². The normalized spacial score (nSPS) is 13.3. The van der Waals surface area contributed by atoms with E-state index in [-0.39, 0.29) is 6.04 Å². The van der Waals surface area contributed by atoms with Crippen LogP contribution >= 0.6 is 0 Å². The minimum Gasteiger partial charge on any atom is -0.459 e. The summed E-state index contributed by atoms with van der Waals surface area (Å²) >= 11 is 0. The van der Waals surface area contributed by atoms with Crippen LogP contribution in [0.4, 0.5) is 0 Å². The molecule has 2 aromatic rings. The van der Waals surface area contributed by atoms with E-state index in [1.807, 2.05) is 12.1 Å². The van der Waals surface area contributed by atoms with Gasteiger partial charge in [-0.05, 0) is 31.0 Å². The zero-order valence-electron chi connectivity index (χ0n) is 9.29. The lowest BCUT2D eigenvalue weighted by molar-refractivity contribution is 0.475. The van der Waals surface area contributed by atoms with E-state index < -0.39 is 0 Å². The average Bonchev–Trinajstić information content (AvgIpc) is 2.63. The van der Waals surface area contributed by atoms with Crippen LogP contribution in [0.2, 0.25) is 0 Å². The van der Waals surface area contributed by atoms with Crippen molar-refractivity contribution in [1.29, 1.82) is 0 Å².